The Kier molecular flexibility index (Phi) is 11.1. The van der Waals surface area contributed by atoms with Crippen molar-refractivity contribution < 1.29 is 32.7 Å². The van der Waals surface area contributed by atoms with Crippen LogP contribution in [-0.2, 0) is 20.1 Å². The predicted molar refractivity (Wildman–Crippen MR) is 267 cm³/mol. The zero-order valence-corrected chi connectivity index (χ0v) is 39.7. The summed E-state index contributed by atoms with van der Waals surface area (Å²) in [6.07, 6.45) is 1.30. The molecule has 0 bridgehead atoms. The monoisotopic (exact) mass is 1030 g/mol. The Morgan fingerprint density at radius 1 is 0.631 bits per heavy atom. The Bertz CT molecular complexity index is 3360. The summed E-state index contributed by atoms with van der Waals surface area (Å²) < 4.78 is 52.8. The molecule has 325 valence electrons. The fourth-order valence-corrected chi connectivity index (χ4v) is 8.55. The van der Waals surface area contributed by atoms with Crippen LogP contribution in [0.4, 0.5) is 0 Å². The number of pyridine rings is 1. The molecule has 0 saturated heterocycles. The average molecular weight is 1030 g/mol. The maximum atomic E-state index is 7.28. The molecule has 0 unspecified atom stereocenters. The molecule has 65 heavy (non-hydrogen) atoms. The van der Waals surface area contributed by atoms with Crippen LogP contribution in [0.5, 0.6) is 0 Å². The summed E-state index contributed by atoms with van der Waals surface area (Å²) in [5, 5.41) is 0.935. The molecule has 0 aliphatic rings. The van der Waals surface area contributed by atoms with Gasteiger partial charge in [0.2, 0.25) is 0 Å². The molecule has 0 aliphatic carbocycles. The Hall–Kier alpha value is -6.65. The minimum absolute atomic E-state index is 0. The normalized spacial score (nSPS) is 13.0. The van der Waals surface area contributed by atoms with E-state index < -0.39 is 13.7 Å². The van der Waals surface area contributed by atoms with Gasteiger partial charge in [-0.2, -0.15) is 0 Å². The quantitative estimate of drug-likeness (QED) is 0.142. The van der Waals surface area contributed by atoms with Gasteiger partial charge in [0.15, 0.2) is 0 Å². The summed E-state index contributed by atoms with van der Waals surface area (Å²) in [4.78, 5) is 9.47. The van der Waals surface area contributed by atoms with Crippen LogP contribution in [0.1, 0.15) is 81.1 Å². The fourth-order valence-electron chi connectivity index (χ4n) is 8.55. The molecule has 0 fully saturated rings. The van der Waals surface area contributed by atoms with Gasteiger partial charge < -0.3 is 14.0 Å². The number of furan rings is 1. The SMILES string of the molecule is Cc1cccc(C)c1-c1cc(-c2nc3ccccc3n2-c2c(C(C)C)cc(-c3ccccc3)cc2C(C)C)[c-]c2cc(-c3ccccc3)oc12.[2H]C([2H])([2H])c1c[c-]c(-c2ccc(C([2H])([2H])[2H])cn2)cc1.[Ir]. The first-order valence-corrected chi connectivity index (χ1v) is 21.8. The van der Waals surface area contributed by atoms with Crippen molar-refractivity contribution in [3.05, 3.63) is 209 Å². The van der Waals surface area contributed by atoms with Gasteiger partial charge in [-0.25, -0.2) is 0 Å². The molecule has 5 heteroatoms. The Morgan fingerprint density at radius 3 is 1.89 bits per heavy atom. The van der Waals surface area contributed by atoms with E-state index in [1.807, 2.05) is 18.2 Å². The third-order valence-corrected chi connectivity index (χ3v) is 11.7. The van der Waals surface area contributed by atoms with Gasteiger partial charge in [-0.1, -0.05) is 155 Å². The zero-order valence-electron chi connectivity index (χ0n) is 43.3. The number of hydrogen-bond acceptors (Lipinski definition) is 3. The van der Waals surface area contributed by atoms with Crippen LogP contribution in [-0.4, -0.2) is 14.5 Å². The molecule has 0 spiro atoms. The van der Waals surface area contributed by atoms with Crippen molar-refractivity contribution in [3.63, 3.8) is 0 Å². The van der Waals surface area contributed by atoms with Crippen LogP contribution < -0.4 is 0 Å². The maximum absolute atomic E-state index is 7.28. The summed E-state index contributed by atoms with van der Waals surface area (Å²) in [5.41, 5.74) is 17.3. The van der Waals surface area contributed by atoms with Gasteiger partial charge in [-0.05, 0) is 113 Å². The minimum Gasteiger partial charge on any atom is -0.499 e. The van der Waals surface area contributed by atoms with Crippen LogP contribution in [0.2, 0.25) is 0 Å². The molecule has 0 atom stereocenters. The van der Waals surface area contributed by atoms with Crippen molar-refractivity contribution in [2.75, 3.05) is 0 Å². The number of aromatic nitrogens is 3. The maximum Gasteiger partial charge on any atom is 0.0914 e. The number of aryl methyl sites for hydroxylation is 4. The zero-order chi connectivity index (χ0) is 49.5. The van der Waals surface area contributed by atoms with E-state index in [-0.39, 0.29) is 43.1 Å². The summed E-state index contributed by atoms with van der Waals surface area (Å²) in [7, 11) is 0. The molecule has 3 aromatic heterocycles. The van der Waals surface area contributed by atoms with E-state index in [4.69, 9.17) is 17.6 Å². The summed E-state index contributed by atoms with van der Waals surface area (Å²) >= 11 is 0. The van der Waals surface area contributed by atoms with E-state index in [0.29, 0.717) is 11.3 Å². The van der Waals surface area contributed by atoms with Gasteiger partial charge in [0.25, 0.3) is 0 Å². The molecule has 4 nitrogen and oxygen atoms in total. The van der Waals surface area contributed by atoms with Gasteiger partial charge in [-0.15, -0.1) is 47.5 Å². The molecular weight excluding hydrogens is 971 g/mol. The summed E-state index contributed by atoms with van der Waals surface area (Å²) in [6, 6.07) is 59.4. The Labute approximate surface area is 405 Å². The molecule has 10 rings (SSSR count). The van der Waals surface area contributed by atoms with E-state index in [9.17, 15) is 0 Å². The predicted octanol–water partition coefficient (Wildman–Crippen LogP) is 16.3. The topological polar surface area (TPSA) is 43.9 Å². The largest absolute Gasteiger partial charge is 0.499 e. The Morgan fingerprint density at radius 2 is 1.28 bits per heavy atom. The van der Waals surface area contributed by atoms with Crippen molar-refractivity contribution in [3.8, 4) is 61.9 Å². The van der Waals surface area contributed by atoms with E-state index in [1.165, 1.54) is 69.0 Å². The van der Waals surface area contributed by atoms with Gasteiger partial charge >= 0.3 is 0 Å². The van der Waals surface area contributed by atoms with E-state index >= 15 is 0 Å². The molecule has 0 amide bonds. The molecule has 1 radical (unpaired) electrons. The minimum atomic E-state index is -2.18. The smallest absolute Gasteiger partial charge is 0.0914 e. The third kappa shape index (κ3) is 9.18. The first-order chi connectivity index (χ1) is 33.5. The number of nitrogens with zero attached hydrogens (tertiary/aromatic N) is 3. The van der Waals surface area contributed by atoms with Gasteiger partial charge in [0, 0.05) is 45.8 Å². The van der Waals surface area contributed by atoms with Crippen molar-refractivity contribution in [1.82, 2.24) is 14.5 Å². The van der Waals surface area contributed by atoms with Crippen molar-refractivity contribution in [2.45, 2.75) is 67.1 Å². The van der Waals surface area contributed by atoms with Crippen molar-refractivity contribution >= 4 is 22.0 Å². The second kappa shape index (κ2) is 19.2. The van der Waals surface area contributed by atoms with Gasteiger partial charge in [0.1, 0.15) is 0 Å². The third-order valence-electron chi connectivity index (χ3n) is 11.7. The number of imidazole rings is 1. The fraction of sp³-hybridized carbons (Fsp3) is 0.167. The molecule has 0 aliphatic heterocycles. The van der Waals surface area contributed by atoms with Crippen LogP contribution in [0, 0.1) is 39.7 Å². The van der Waals surface area contributed by atoms with Gasteiger partial charge in [-0.3, -0.25) is 4.98 Å². The number of benzene rings is 7. The molecule has 10 aromatic rings. The average Bonchev–Trinajstić information content (AvgIpc) is 3.96. The van der Waals surface area contributed by atoms with Crippen molar-refractivity contribution in [1.29, 1.82) is 0 Å². The number of rotatable bonds is 8. The standard InChI is InChI=1S/C47H41N2O.C13H12N.Ir/c1-29(2)38-25-35(33-18-9-7-10-19-33)26-39(30(3)4)45(38)49-42-23-14-13-22-41(42)48-47(49)37-24-36-28-43(34-20-11-8-12-21-34)50-46(36)40(27-37)44-31(5)16-15-17-32(44)6;1-10-3-6-12(7-4-10)13-8-5-11(2)9-14-13;/h7-23,25-30H,1-6H3;3-6,8-9H,1-2H3;/q2*-1;/i;1D3,2D3;. The second-order valence-corrected chi connectivity index (χ2v) is 16.9. The molecule has 0 N–H and O–H groups in total. The van der Waals surface area contributed by atoms with Crippen LogP contribution in [0.15, 0.2) is 168 Å². The molecular formula is C60H53IrN3O-2. The molecule has 7 aromatic carbocycles. The molecule has 3 heterocycles. The van der Waals surface area contributed by atoms with Gasteiger partial charge in [0.05, 0.1) is 28.2 Å². The number of hydrogen-bond donors (Lipinski definition) is 0. The first kappa shape index (κ1) is 37.7. The summed E-state index contributed by atoms with van der Waals surface area (Å²) in [5.74, 6) is 2.26. The van der Waals surface area contributed by atoms with E-state index in [0.717, 1.165) is 50.3 Å². The van der Waals surface area contributed by atoms with Crippen LogP contribution in [0.25, 0.3) is 83.9 Å². The summed E-state index contributed by atoms with van der Waals surface area (Å²) in [6.45, 7) is 9.20. The first-order valence-electron chi connectivity index (χ1n) is 24.8. The Balaban J connectivity index is 0.000000271. The van der Waals surface area contributed by atoms with Crippen molar-refractivity contribution in [2.24, 2.45) is 0 Å². The molecule has 0 saturated carbocycles. The van der Waals surface area contributed by atoms with E-state index in [2.05, 4.69) is 172 Å². The van der Waals surface area contributed by atoms with Crippen LogP contribution >= 0.6 is 0 Å². The number of para-hydroxylation sites is 2. The van der Waals surface area contributed by atoms with E-state index in [1.54, 1.807) is 12.1 Å². The van der Waals surface area contributed by atoms with Crippen LogP contribution in [0.3, 0.4) is 0 Å². The number of fused-ring (bicyclic) bond motifs is 2. The second-order valence-electron chi connectivity index (χ2n) is 16.9.